The van der Waals surface area contributed by atoms with Crippen LogP contribution in [-0.4, -0.2) is 11.0 Å². The molecule has 0 atom stereocenters. The van der Waals surface area contributed by atoms with Crippen molar-refractivity contribution in [2.75, 3.05) is 5.32 Å². The van der Waals surface area contributed by atoms with Crippen LogP contribution < -0.4 is 5.32 Å². The molecule has 0 aliphatic carbocycles. The Morgan fingerprint density at radius 2 is 2.00 bits per heavy atom. The number of aryl methyl sites for hydroxylation is 1. The van der Waals surface area contributed by atoms with Gasteiger partial charge >= 0.3 is 0 Å². The summed E-state index contributed by atoms with van der Waals surface area (Å²) in [6.07, 6.45) is 0.302. The minimum absolute atomic E-state index is 0.0460. The van der Waals surface area contributed by atoms with Crippen LogP contribution in [0.3, 0.4) is 0 Å². The van der Waals surface area contributed by atoms with Gasteiger partial charge in [-0.15, -0.1) is 0 Å². The summed E-state index contributed by atoms with van der Waals surface area (Å²) in [5.74, 6) is -0.175. The molecule has 0 unspecified atom stereocenters. The molecule has 4 heteroatoms. The van der Waals surface area contributed by atoms with Crippen molar-refractivity contribution in [2.45, 2.75) is 13.3 Å². The number of aromatic hydroxyl groups is 1. The minimum Gasteiger partial charge on any atom is -0.506 e. The number of hydrogen-bond acceptors (Lipinski definition) is 2. The van der Waals surface area contributed by atoms with Gasteiger partial charge in [-0.05, 0) is 30.2 Å². The Morgan fingerprint density at radius 1 is 1.26 bits per heavy atom. The molecule has 2 N–H and O–H groups in total. The Bertz CT molecular complexity index is 611. The Hall–Kier alpha value is -2.00. The van der Waals surface area contributed by atoms with Crippen molar-refractivity contribution in [3.63, 3.8) is 0 Å². The third-order valence-corrected chi connectivity index (χ3v) is 3.16. The van der Waals surface area contributed by atoms with Crippen molar-refractivity contribution in [3.05, 3.63) is 58.6 Å². The van der Waals surface area contributed by atoms with E-state index in [9.17, 15) is 9.90 Å². The van der Waals surface area contributed by atoms with Gasteiger partial charge in [0.05, 0.1) is 11.4 Å². The monoisotopic (exact) mass is 275 g/mol. The summed E-state index contributed by atoms with van der Waals surface area (Å²) in [6.45, 7) is 1.97. The maximum Gasteiger partial charge on any atom is 0.228 e. The molecule has 0 fully saturated rings. The maximum absolute atomic E-state index is 11.9. The Labute approximate surface area is 116 Å². The van der Waals surface area contributed by atoms with Crippen molar-refractivity contribution in [1.82, 2.24) is 0 Å². The quantitative estimate of drug-likeness (QED) is 0.900. The molecule has 3 nitrogen and oxygen atoms in total. The number of hydrogen-bond donors (Lipinski definition) is 2. The molecule has 2 aromatic carbocycles. The molecule has 0 aliphatic heterocycles. The third-order valence-electron chi connectivity index (χ3n) is 2.84. The van der Waals surface area contributed by atoms with E-state index in [1.807, 2.05) is 31.2 Å². The highest BCUT2D eigenvalue weighted by Crippen LogP contribution is 2.26. The van der Waals surface area contributed by atoms with E-state index < -0.39 is 0 Å². The summed E-state index contributed by atoms with van der Waals surface area (Å²) in [6, 6.07) is 12.4. The van der Waals surface area contributed by atoms with Crippen molar-refractivity contribution in [3.8, 4) is 5.75 Å². The smallest absolute Gasteiger partial charge is 0.228 e. The summed E-state index contributed by atoms with van der Waals surface area (Å²) in [5, 5.41) is 12.5. The van der Waals surface area contributed by atoms with E-state index in [0.717, 1.165) is 11.1 Å². The lowest BCUT2D eigenvalue weighted by Gasteiger charge is -2.08. The van der Waals surface area contributed by atoms with Crippen LogP contribution in [0.25, 0.3) is 0 Å². The molecule has 2 rings (SSSR count). The topological polar surface area (TPSA) is 49.3 Å². The van der Waals surface area contributed by atoms with Crippen molar-refractivity contribution in [2.24, 2.45) is 0 Å². The summed E-state index contributed by atoms with van der Waals surface area (Å²) in [4.78, 5) is 11.9. The van der Waals surface area contributed by atoms with Gasteiger partial charge in [0.15, 0.2) is 0 Å². The number of rotatable bonds is 3. The number of benzene rings is 2. The van der Waals surface area contributed by atoms with E-state index in [4.69, 9.17) is 11.6 Å². The fourth-order valence-electron chi connectivity index (χ4n) is 1.78. The number of amides is 1. The zero-order valence-corrected chi connectivity index (χ0v) is 11.2. The first kappa shape index (κ1) is 13.4. The summed E-state index contributed by atoms with van der Waals surface area (Å²) in [7, 11) is 0. The van der Waals surface area contributed by atoms with Gasteiger partial charge in [-0.1, -0.05) is 35.9 Å². The minimum atomic E-state index is -0.129. The average molecular weight is 276 g/mol. The Kier molecular flexibility index (Phi) is 4.07. The zero-order chi connectivity index (χ0) is 13.8. The van der Waals surface area contributed by atoms with E-state index >= 15 is 0 Å². The Balaban J connectivity index is 2.05. The van der Waals surface area contributed by atoms with Gasteiger partial charge in [0.25, 0.3) is 0 Å². The molecule has 0 saturated carbocycles. The second-order valence-electron chi connectivity index (χ2n) is 4.32. The van der Waals surface area contributed by atoms with Gasteiger partial charge in [-0.3, -0.25) is 4.79 Å². The van der Waals surface area contributed by atoms with Crippen LogP contribution in [0.5, 0.6) is 5.75 Å². The van der Waals surface area contributed by atoms with E-state index in [2.05, 4.69) is 5.32 Å². The van der Waals surface area contributed by atoms with Gasteiger partial charge in [-0.25, -0.2) is 0 Å². The second-order valence-corrected chi connectivity index (χ2v) is 4.72. The van der Waals surface area contributed by atoms with E-state index in [1.54, 1.807) is 12.1 Å². The molecule has 0 bridgehead atoms. The fraction of sp³-hybridized carbons (Fsp3) is 0.133. The molecule has 2 aromatic rings. The predicted molar refractivity (Wildman–Crippen MR) is 76.6 cm³/mol. The summed E-state index contributed by atoms with van der Waals surface area (Å²) in [5.41, 5.74) is 2.59. The molecule has 0 heterocycles. The lowest BCUT2D eigenvalue weighted by Crippen LogP contribution is -2.14. The summed E-state index contributed by atoms with van der Waals surface area (Å²) < 4.78 is 0. The van der Waals surface area contributed by atoms with Gasteiger partial charge in [-0.2, -0.15) is 0 Å². The first-order valence-corrected chi connectivity index (χ1v) is 6.27. The number of carbonyl (C=O) groups excluding carboxylic acids is 1. The predicted octanol–water partition coefficient (Wildman–Crippen LogP) is 3.54. The standard InChI is InChI=1S/C15H14ClNO2/c1-10-4-2-3-5-11(10)8-15(19)17-12-6-7-13(16)14(18)9-12/h2-7,9,18H,8H2,1H3,(H,17,19). The number of phenols is 1. The number of carbonyl (C=O) groups is 1. The van der Waals surface area contributed by atoms with Gasteiger partial charge in [0.1, 0.15) is 5.75 Å². The first-order chi connectivity index (χ1) is 9.06. The van der Waals surface area contributed by atoms with Crippen molar-refractivity contribution in [1.29, 1.82) is 0 Å². The largest absolute Gasteiger partial charge is 0.506 e. The normalized spacial score (nSPS) is 10.2. The van der Waals surface area contributed by atoms with Gasteiger partial charge < -0.3 is 10.4 Å². The highest BCUT2D eigenvalue weighted by molar-refractivity contribution is 6.32. The maximum atomic E-state index is 11.9. The summed E-state index contributed by atoms with van der Waals surface area (Å²) >= 11 is 5.71. The lowest BCUT2D eigenvalue weighted by molar-refractivity contribution is -0.115. The molecule has 19 heavy (non-hydrogen) atoms. The van der Waals surface area contributed by atoms with Crippen LogP contribution >= 0.6 is 11.6 Å². The Morgan fingerprint density at radius 3 is 2.68 bits per heavy atom. The average Bonchev–Trinajstić information content (AvgIpc) is 2.37. The molecular formula is C15H14ClNO2. The highest BCUT2D eigenvalue weighted by atomic mass is 35.5. The SMILES string of the molecule is Cc1ccccc1CC(=O)Nc1ccc(Cl)c(O)c1. The van der Waals surface area contributed by atoms with Crippen LogP contribution in [0.15, 0.2) is 42.5 Å². The molecule has 1 amide bonds. The van der Waals surface area contributed by atoms with Crippen molar-refractivity contribution >= 4 is 23.2 Å². The molecule has 0 aromatic heterocycles. The number of nitrogens with one attached hydrogen (secondary N) is 1. The molecular weight excluding hydrogens is 262 g/mol. The van der Waals surface area contributed by atoms with Crippen LogP contribution in [0.2, 0.25) is 5.02 Å². The van der Waals surface area contributed by atoms with Crippen molar-refractivity contribution < 1.29 is 9.90 Å². The van der Waals surface area contributed by atoms with Gasteiger partial charge in [0, 0.05) is 11.8 Å². The molecule has 0 aliphatic rings. The molecule has 0 spiro atoms. The van der Waals surface area contributed by atoms with E-state index in [1.165, 1.54) is 6.07 Å². The van der Waals surface area contributed by atoms with Gasteiger partial charge in [0.2, 0.25) is 5.91 Å². The molecule has 98 valence electrons. The van der Waals surface area contributed by atoms with Crippen LogP contribution in [0.4, 0.5) is 5.69 Å². The lowest BCUT2D eigenvalue weighted by atomic mass is 10.1. The fourth-order valence-corrected chi connectivity index (χ4v) is 1.89. The zero-order valence-electron chi connectivity index (χ0n) is 10.5. The third kappa shape index (κ3) is 3.48. The molecule has 0 radical (unpaired) electrons. The van der Waals surface area contributed by atoms with Crippen LogP contribution in [0, 0.1) is 6.92 Å². The highest BCUT2D eigenvalue weighted by Gasteiger charge is 2.07. The van der Waals surface area contributed by atoms with Crippen LogP contribution in [-0.2, 0) is 11.2 Å². The molecule has 0 saturated heterocycles. The van der Waals surface area contributed by atoms with E-state index in [0.29, 0.717) is 12.1 Å². The first-order valence-electron chi connectivity index (χ1n) is 5.89. The number of phenolic OH excluding ortho intramolecular Hbond substituents is 1. The van der Waals surface area contributed by atoms with E-state index in [-0.39, 0.29) is 16.7 Å². The second kappa shape index (κ2) is 5.76. The van der Waals surface area contributed by atoms with Crippen LogP contribution in [0.1, 0.15) is 11.1 Å². The number of anilines is 1. The number of halogens is 1.